The van der Waals surface area contributed by atoms with Crippen LogP contribution in [0.5, 0.6) is 0 Å². The Balaban J connectivity index is 1.62. The molecule has 5 heteroatoms. The van der Waals surface area contributed by atoms with Gasteiger partial charge in [-0.25, -0.2) is 0 Å². The number of nitrogens with one attached hydrogen (secondary N) is 2. The van der Waals surface area contributed by atoms with Crippen LogP contribution in [-0.2, 0) is 4.79 Å². The van der Waals surface area contributed by atoms with Crippen molar-refractivity contribution in [3.63, 3.8) is 0 Å². The molecule has 1 aromatic rings. The van der Waals surface area contributed by atoms with E-state index in [9.17, 15) is 9.59 Å². The lowest BCUT2D eigenvalue weighted by Gasteiger charge is -2.27. The molecule has 120 valence electrons. The van der Waals surface area contributed by atoms with Crippen LogP contribution in [0, 0.1) is 6.92 Å². The minimum atomic E-state index is -0.0457. The van der Waals surface area contributed by atoms with Crippen LogP contribution in [0.3, 0.4) is 0 Å². The molecule has 0 aliphatic carbocycles. The molecular formula is C17H25N3O2. The molecular weight excluding hydrogens is 278 g/mol. The summed E-state index contributed by atoms with van der Waals surface area (Å²) in [5.74, 6) is -0.0205. The molecule has 0 aromatic heterocycles. The van der Waals surface area contributed by atoms with Crippen LogP contribution >= 0.6 is 0 Å². The van der Waals surface area contributed by atoms with Crippen molar-refractivity contribution < 1.29 is 9.59 Å². The Bertz CT molecular complexity index is 493. The molecule has 0 atom stereocenters. The molecule has 1 heterocycles. The average molecular weight is 303 g/mol. The van der Waals surface area contributed by atoms with Gasteiger partial charge in [0.05, 0.1) is 0 Å². The molecule has 2 N–H and O–H groups in total. The van der Waals surface area contributed by atoms with Crippen molar-refractivity contribution in [1.29, 1.82) is 0 Å². The number of piperazine rings is 1. The molecule has 0 bridgehead atoms. The maximum atomic E-state index is 12.0. The Kier molecular flexibility index (Phi) is 6.55. The van der Waals surface area contributed by atoms with Crippen LogP contribution in [-0.4, -0.2) is 55.9 Å². The first-order valence-corrected chi connectivity index (χ1v) is 7.95. The Labute approximate surface area is 132 Å². The molecule has 1 aromatic carbocycles. The summed E-state index contributed by atoms with van der Waals surface area (Å²) in [5.41, 5.74) is 1.81. The third-order valence-corrected chi connectivity index (χ3v) is 3.91. The second-order valence-corrected chi connectivity index (χ2v) is 5.73. The highest BCUT2D eigenvalue weighted by Crippen LogP contribution is 2.07. The van der Waals surface area contributed by atoms with Gasteiger partial charge in [-0.3, -0.25) is 14.5 Å². The number of amides is 1. The van der Waals surface area contributed by atoms with Gasteiger partial charge in [0.1, 0.15) is 0 Å². The number of benzene rings is 1. The van der Waals surface area contributed by atoms with E-state index in [4.69, 9.17) is 0 Å². The summed E-state index contributed by atoms with van der Waals surface area (Å²) in [6.07, 6.45) is 0.525. The fourth-order valence-electron chi connectivity index (χ4n) is 2.49. The quantitative estimate of drug-likeness (QED) is 0.737. The highest BCUT2D eigenvalue weighted by molar-refractivity contribution is 5.97. The van der Waals surface area contributed by atoms with Crippen LogP contribution in [0.2, 0.25) is 0 Å². The fourth-order valence-corrected chi connectivity index (χ4v) is 2.49. The molecule has 1 aliphatic heterocycles. The van der Waals surface area contributed by atoms with E-state index in [0.29, 0.717) is 12.1 Å². The number of Topliss-reactive ketones (excluding diaryl/α,β-unsaturated/α-hetero) is 1. The molecule has 2 rings (SSSR count). The maximum Gasteiger partial charge on any atom is 0.220 e. The smallest absolute Gasteiger partial charge is 0.220 e. The van der Waals surface area contributed by atoms with Crippen molar-refractivity contribution in [2.24, 2.45) is 0 Å². The van der Waals surface area contributed by atoms with Crippen LogP contribution in [0.15, 0.2) is 24.3 Å². The summed E-state index contributed by atoms with van der Waals surface area (Å²) in [7, 11) is 0. The second kappa shape index (κ2) is 8.66. The zero-order chi connectivity index (χ0) is 15.8. The standard InChI is InChI=1S/C17H25N3O2/c1-14-2-4-15(5-3-14)16(21)6-7-17(22)19-10-13-20-11-8-18-9-12-20/h2-5,18H,6-13H2,1H3,(H,19,22). The van der Waals surface area contributed by atoms with Crippen LogP contribution < -0.4 is 10.6 Å². The number of hydrogen-bond acceptors (Lipinski definition) is 4. The summed E-state index contributed by atoms with van der Waals surface area (Å²) in [4.78, 5) is 26.1. The predicted octanol–water partition coefficient (Wildman–Crippen LogP) is 0.979. The van der Waals surface area contributed by atoms with Crippen LogP contribution in [0.25, 0.3) is 0 Å². The minimum Gasteiger partial charge on any atom is -0.355 e. The van der Waals surface area contributed by atoms with Crippen molar-refractivity contribution in [3.8, 4) is 0 Å². The molecule has 1 aliphatic rings. The highest BCUT2D eigenvalue weighted by atomic mass is 16.2. The third-order valence-electron chi connectivity index (χ3n) is 3.91. The molecule has 0 saturated carbocycles. The van der Waals surface area contributed by atoms with Gasteiger partial charge in [0.2, 0.25) is 5.91 Å². The van der Waals surface area contributed by atoms with E-state index < -0.39 is 0 Å². The topological polar surface area (TPSA) is 61.4 Å². The molecule has 22 heavy (non-hydrogen) atoms. The molecule has 0 radical (unpaired) electrons. The van der Waals surface area contributed by atoms with Gasteiger partial charge in [0.15, 0.2) is 5.78 Å². The van der Waals surface area contributed by atoms with Gasteiger partial charge in [0, 0.05) is 57.7 Å². The summed E-state index contributed by atoms with van der Waals surface area (Å²) in [6.45, 7) is 7.60. The van der Waals surface area contributed by atoms with Gasteiger partial charge in [-0.15, -0.1) is 0 Å². The van der Waals surface area contributed by atoms with Gasteiger partial charge >= 0.3 is 0 Å². The summed E-state index contributed by atoms with van der Waals surface area (Å²) >= 11 is 0. The van der Waals surface area contributed by atoms with Gasteiger partial charge < -0.3 is 10.6 Å². The molecule has 5 nitrogen and oxygen atoms in total. The number of aryl methyl sites for hydroxylation is 1. The van der Waals surface area contributed by atoms with Crippen molar-refractivity contribution in [1.82, 2.24) is 15.5 Å². The van der Waals surface area contributed by atoms with E-state index in [0.717, 1.165) is 38.3 Å². The van der Waals surface area contributed by atoms with E-state index >= 15 is 0 Å². The van der Waals surface area contributed by atoms with E-state index in [-0.39, 0.29) is 24.5 Å². The van der Waals surface area contributed by atoms with E-state index in [1.807, 2.05) is 31.2 Å². The Morgan fingerprint density at radius 1 is 1.14 bits per heavy atom. The van der Waals surface area contributed by atoms with Crippen LogP contribution in [0.1, 0.15) is 28.8 Å². The summed E-state index contributed by atoms with van der Waals surface area (Å²) < 4.78 is 0. The van der Waals surface area contributed by atoms with Gasteiger partial charge in [0.25, 0.3) is 0 Å². The van der Waals surface area contributed by atoms with E-state index in [2.05, 4.69) is 15.5 Å². The number of ketones is 1. The lowest BCUT2D eigenvalue weighted by atomic mass is 10.1. The number of hydrogen-bond donors (Lipinski definition) is 2. The number of nitrogens with zero attached hydrogens (tertiary/aromatic N) is 1. The Morgan fingerprint density at radius 3 is 2.50 bits per heavy atom. The third kappa shape index (κ3) is 5.58. The van der Waals surface area contributed by atoms with Gasteiger partial charge in [-0.1, -0.05) is 29.8 Å². The second-order valence-electron chi connectivity index (χ2n) is 5.73. The van der Waals surface area contributed by atoms with Gasteiger partial charge in [-0.2, -0.15) is 0 Å². The first kappa shape index (κ1) is 16.6. The predicted molar refractivity (Wildman–Crippen MR) is 87.1 cm³/mol. The Morgan fingerprint density at radius 2 is 1.82 bits per heavy atom. The van der Waals surface area contributed by atoms with Crippen molar-refractivity contribution in [2.45, 2.75) is 19.8 Å². The lowest BCUT2D eigenvalue weighted by Crippen LogP contribution is -2.46. The number of rotatable bonds is 7. The first-order chi connectivity index (χ1) is 10.6. The molecule has 0 spiro atoms. The average Bonchev–Trinajstić information content (AvgIpc) is 2.54. The SMILES string of the molecule is Cc1ccc(C(=O)CCC(=O)NCCN2CCNCC2)cc1. The Hall–Kier alpha value is -1.72. The normalized spacial score (nSPS) is 15.5. The largest absolute Gasteiger partial charge is 0.355 e. The van der Waals surface area contributed by atoms with Crippen LogP contribution in [0.4, 0.5) is 0 Å². The van der Waals surface area contributed by atoms with Crippen molar-refractivity contribution in [3.05, 3.63) is 35.4 Å². The monoisotopic (exact) mass is 303 g/mol. The summed E-state index contributed by atoms with van der Waals surface area (Å²) in [6, 6.07) is 7.47. The highest BCUT2D eigenvalue weighted by Gasteiger charge is 2.11. The van der Waals surface area contributed by atoms with E-state index in [1.54, 1.807) is 0 Å². The molecule has 1 fully saturated rings. The molecule has 1 saturated heterocycles. The van der Waals surface area contributed by atoms with Gasteiger partial charge in [-0.05, 0) is 6.92 Å². The van der Waals surface area contributed by atoms with E-state index in [1.165, 1.54) is 0 Å². The lowest BCUT2D eigenvalue weighted by molar-refractivity contribution is -0.121. The van der Waals surface area contributed by atoms with Crippen molar-refractivity contribution in [2.75, 3.05) is 39.3 Å². The zero-order valence-corrected chi connectivity index (χ0v) is 13.2. The zero-order valence-electron chi connectivity index (χ0n) is 13.2. The summed E-state index contributed by atoms with van der Waals surface area (Å²) in [5, 5.41) is 6.19. The maximum absolute atomic E-state index is 12.0. The molecule has 1 amide bonds. The molecule has 0 unspecified atom stereocenters. The fraction of sp³-hybridized carbons (Fsp3) is 0.529. The number of carbonyl (C=O) groups is 2. The minimum absolute atomic E-state index is 0.0252. The number of carbonyl (C=O) groups excluding carboxylic acids is 2. The van der Waals surface area contributed by atoms with Crippen molar-refractivity contribution >= 4 is 11.7 Å². The first-order valence-electron chi connectivity index (χ1n) is 7.95.